The molecule has 0 aliphatic heterocycles. The van der Waals surface area contributed by atoms with Crippen LogP contribution in [0.25, 0.3) is 10.8 Å². The quantitative estimate of drug-likeness (QED) is 0.422. The fraction of sp³-hybridized carbons (Fsp3) is 0.250. The lowest BCUT2D eigenvalue weighted by Crippen LogP contribution is -2.13. The first kappa shape index (κ1) is 20.4. The molecule has 0 unspecified atom stereocenters. The van der Waals surface area contributed by atoms with Gasteiger partial charge in [0.15, 0.2) is 5.78 Å². The Morgan fingerprint density at radius 3 is 2.31 bits per heavy atom. The highest BCUT2D eigenvalue weighted by molar-refractivity contribution is 5.94. The van der Waals surface area contributed by atoms with Crippen molar-refractivity contribution < 1.29 is 23.8 Å². The molecule has 5 heteroatoms. The third-order valence-corrected chi connectivity index (χ3v) is 4.98. The number of fused-ring (bicyclic) bond motifs is 1. The molecule has 3 aromatic rings. The molecule has 0 saturated carbocycles. The molecule has 0 heterocycles. The van der Waals surface area contributed by atoms with Crippen molar-refractivity contribution in [3.05, 3.63) is 71.3 Å². The van der Waals surface area contributed by atoms with Crippen LogP contribution in [0.3, 0.4) is 0 Å². The normalized spacial score (nSPS) is 11.7. The van der Waals surface area contributed by atoms with Crippen molar-refractivity contribution in [2.24, 2.45) is 0 Å². The van der Waals surface area contributed by atoms with E-state index >= 15 is 0 Å². The van der Waals surface area contributed by atoms with Gasteiger partial charge in [0.1, 0.15) is 18.1 Å². The van der Waals surface area contributed by atoms with Crippen LogP contribution in [0.4, 0.5) is 0 Å². The number of esters is 1. The van der Waals surface area contributed by atoms with Crippen LogP contribution in [-0.4, -0.2) is 26.0 Å². The molecule has 3 aromatic carbocycles. The standard InChI is InChI=1S/C24H24O5/c1-15(17-5-6-20-13-22(27-3)9-7-19(20)11-17)24(26)29-14-21-12-18(16(2)25)8-10-23(21)28-4/h5-13,15H,14H2,1-4H3/t15-/m0/s1. The Labute approximate surface area is 170 Å². The maximum absolute atomic E-state index is 12.6. The zero-order chi connectivity index (χ0) is 21.0. The molecule has 0 saturated heterocycles. The fourth-order valence-corrected chi connectivity index (χ4v) is 3.16. The summed E-state index contributed by atoms with van der Waals surface area (Å²) in [6.45, 7) is 3.35. The lowest BCUT2D eigenvalue weighted by molar-refractivity contribution is -0.146. The van der Waals surface area contributed by atoms with Gasteiger partial charge >= 0.3 is 5.97 Å². The highest BCUT2D eigenvalue weighted by Crippen LogP contribution is 2.27. The largest absolute Gasteiger partial charge is 0.497 e. The SMILES string of the molecule is COc1ccc2cc([C@H](C)C(=O)OCc3cc(C(C)=O)ccc3OC)ccc2c1. The molecule has 0 aromatic heterocycles. The van der Waals surface area contributed by atoms with E-state index in [1.165, 1.54) is 6.92 Å². The van der Waals surface area contributed by atoms with E-state index in [9.17, 15) is 9.59 Å². The van der Waals surface area contributed by atoms with Gasteiger partial charge in [0.25, 0.3) is 0 Å². The molecular formula is C24H24O5. The molecule has 0 bridgehead atoms. The monoisotopic (exact) mass is 392 g/mol. The number of hydrogen-bond acceptors (Lipinski definition) is 5. The van der Waals surface area contributed by atoms with Crippen LogP contribution >= 0.6 is 0 Å². The lowest BCUT2D eigenvalue weighted by atomic mass is 9.98. The zero-order valence-electron chi connectivity index (χ0n) is 17.0. The summed E-state index contributed by atoms with van der Waals surface area (Å²) in [5, 5.41) is 2.07. The molecular weight excluding hydrogens is 368 g/mol. The molecule has 5 nitrogen and oxygen atoms in total. The van der Waals surface area contributed by atoms with Crippen LogP contribution < -0.4 is 9.47 Å². The molecule has 3 rings (SSSR count). The number of benzene rings is 3. The van der Waals surface area contributed by atoms with E-state index in [0.717, 1.165) is 22.1 Å². The van der Waals surface area contributed by atoms with Gasteiger partial charge in [-0.3, -0.25) is 9.59 Å². The summed E-state index contributed by atoms with van der Waals surface area (Å²) in [5.74, 6) is 0.549. The summed E-state index contributed by atoms with van der Waals surface area (Å²) in [7, 11) is 3.18. The Bertz CT molecular complexity index is 1050. The number of carbonyl (C=O) groups is 2. The summed E-state index contributed by atoms with van der Waals surface area (Å²) in [5.41, 5.74) is 2.08. The van der Waals surface area contributed by atoms with Crippen LogP contribution in [0, 0.1) is 0 Å². The average Bonchev–Trinajstić information content (AvgIpc) is 2.75. The van der Waals surface area contributed by atoms with E-state index in [2.05, 4.69) is 0 Å². The first-order chi connectivity index (χ1) is 13.9. The Kier molecular flexibility index (Phi) is 6.17. The average molecular weight is 392 g/mol. The highest BCUT2D eigenvalue weighted by atomic mass is 16.5. The Morgan fingerprint density at radius 1 is 0.897 bits per heavy atom. The number of ketones is 1. The molecule has 0 radical (unpaired) electrons. The molecule has 0 amide bonds. The van der Waals surface area contributed by atoms with Gasteiger partial charge in [0.05, 0.1) is 20.1 Å². The molecule has 0 aliphatic carbocycles. The van der Waals surface area contributed by atoms with Crippen molar-refractivity contribution in [3.63, 3.8) is 0 Å². The topological polar surface area (TPSA) is 61.8 Å². The Balaban J connectivity index is 1.75. The fourth-order valence-electron chi connectivity index (χ4n) is 3.16. The van der Waals surface area contributed by atoms with E-state index in [1.807, 2.05) is 43.3 Å². The van der Waals surface area contributed by atoms with Crippen molar-refractivity contribution in [1.29, 1.82) is 0 Å². The van der Waals surface area contributed by atoms with E-state index < -0.39 is 5.92 Å². The van der Waals surface area contributed by atoms with Crippen molar-refractivity contribution in [1.82, 2.24) is 0 Å². The molecule has 150 valence electrons. The second kappa shape index (κ2) is 8.78. The maximum Gasteiger partial charge on any atom is 0.313 e. The van der Waals surface area contributed by atoms with Crippen LogP contribution in [0.1, 0.15) is 41.3 Å². The van der Waals surface area contributed by atoms with Gasteiger partial charge in [-0.25, -0.2) is 0 Å². The predicted octanol–water partition coefficient (Wildman–Crippen LogP) is 4.91. The van der Waals surface area contributed by atoms with Crippen molar-refractivity contribution in [3.8, 4) is 11.5 Å². The number of Topliss-reactive ketones (excluding diaryl/α,β-unsaturated/α-hetero) is 1. The summed E-state index contributed by atoms with van der Waals surface area (Å²) < 4.78 is 16.1. The molecule has 1 atom stereocenters. The highest BCUT2D eigenvalue weighted by Gasteiger charge is 2.18. The van der Waals surface area contributed by atoms with Crippen molar-refractivity contribution in [2.75, 3.05) is 14.2 Å². The third-order valence-electron chi connectivity index (χ3n) is 4.98. The number of carbonyl (C=O) groups excluding carboxylic acids is 2. The summed E-state index contributed by atoms with van der Waals surface area (Å²) >= 11 is 0. The van der Waals surface area contributed by atoms with Crippen molar-refractivity contribution >= 4 is 22.5 Å². The number of methoxy groups -OCH3 is 2. The smallest absolute Gasteiger partial charge is 0.313 e. The number of rotatable bonds is 7. The second-order valence-electron chi connectivity index (χ2n) is 6.88. The van der Waals surface area contributed by atoms with Gasteiger partial charge in [-0.1, -0.05) is 24.3 Å². The Hall–Kier alpha value is -3.34. The van der Waals surface area contributed by atoms with E-state index in [-0.39, 0.29) is 18.4 Å². The van der Waals surface area contributed by atoms with Crippen LogP contribution in [-0.2, 0) is 16.1 Å². The van der Waals surface area contributed by atoms with E-state index in [0.29, 0.717) is 16.9 Å². The minimum Gasteiger partial charge on any atom is -0.497 e. The van der Waals surface area contributed by atoms with E-state index in [1.54, 1.807) is 32.4 Å². The van der Waals surface area contributed by atoms with E-state index in [4.69, 9.17) is 14.2 Å². The molecule has 0 fully saturated rings. The van der Waals surface area contributed by atoms with Gasteiger partial charge in [0, 0.05) is 11.1 Å². The summed E-state index contributed by atoms with van der Waals surface area (Å²) in [6.07, 6.45) is 0. The van der Waals surface area contributed by atoms with Gasteiger partial charge in [0.2, 0.25) is 0 Å². The predicted molar refractivity (Wildman–Crippen MR) is 112 cm³/mol. The molecule has 0 aliphatic rings. The molecule has 29 heavy (non-hydrogen) atoms. The first-order valence-electron chi connectivity index (χ1n) is 9.35. The molecule has 0 N–H and O–H groups in total. The van der Waals surface area contributed by atoms with Crippen molar-refractivity contribution in [2.45, 2.75) is 26.4 Å². The maximum atomic E-state index is 12.6. The number of ether oxygens (including phenoxy) is 3. The second-order valence-corrected chi connectivity index (χ2v) is 6.88. The summed E-state index contributed by atoms with van der Waals surface area (Å²) in [4.78, 5) is 24.2. The van der Waals surface area contributed by atoms with Gasteiger partial charge in [-0.2, -0.15) is 0 Å². The van der Waals surface area contributed by atoms with Gasteiger partial charge in [-0.05, 0) is 60.5 Å². The minimum atomic E-state index is -0.427. The lowest BCUT2D eigenvalue weighted by Gasteiger charge is -2.15. The van der Waals surface area contributed by atoms with Crippen LogP contribution in [0.2, 0.25) is 0 Å². The number of hydrogen-bond donors (Lipinski definition) is 0. The summed E-state index contributed by atoms with van der Waals surface area (Å²) in [6, 6.07) is 16.8. The van der Waals surface area contributed by atoms with Gasteiger partial charge in [-0.15, -0.1) is 0 Å². The minimum absolute atomic E-state index is 0.0399. The zero-order valence-corrected chi connectivity index (χ0v) is 17.0. The van der Waals surface area contributed by atoms with Crippen LogP contribution in [0.15, 0.2) is 54.6 Å². The van der Waals surface area contributed by atoms with Gasteiger partial charge < -0.3 is 14.2 Å². The first-order valence-corrected chi connectivity index (χ1v) is 9.35. The van der Waals surface area contributed by atoms with Crippen LogP contribution in [0.5, 0.6) is 11.5 Å². The Morgan fingerprint density at radius 2 is 1.62 bits per heavy atom. The third kappa shape index (κ3) is 4.57. The molecule has 0 spiro atoms.